The number of carbonyl (C=O) groups excluding carboxylic acids is 1. The van der Waals surface area contributed by atoms with Crippen molar-refractivity contribution in [2.24, 2.45) is 5.92 Å². The molecule has 0 bridgehead atoms. The van der Waals surface area contributed by atoms with Crippen molar-refractivity contribution in [3.8, 4) is 11.4 Å². The average Bonchev–Trinajstić information content (AvgIpc) is 3.37. The Hall–Kier alpha value is -3.04. The van der Waals surface area contributed by atoms with Crippen molar-refractivity contribution in [1.82, 2.24) is 24.9 Å². The van der Waals surface area contributed by atoms with E-state index in [1.165, 1.54) is 22.8 Å². The molecular weight excluding hydrogens is 378 g/mol. The summed E-state index contributed by atoms with van der Waals surface area (Å²) in [6, 6.07) is 2.40. The Kier molecular flexibility index (Phi) is 4.28. The van der Waals surface area contributed by atoms with E-state index in [9.17, 15) is 22.4 Å². The lowest BCUT2D eigenvalue weighted by Crippen LogP contribution is -2.46. The number of hydrogen-bond acceptors (Lipinski definition) is 4. The number of alkyl halides is 3. The predicted octanol–water partition coefficient (Wildman–Crippen LogP) is 3.31. The third-order valence-corrected chi connectivity index (χ3v) is 4.62. The number of carbonyl (C=O) groups is 1. The number of fused-ring (bicyclic) bond motifs is 1. The van der Waals surface area contributed by atoms with E-state index in [0.717, 1.165) is 6.20 Å². The molecule has 1 saturated carbocycles. The van der Waals surface area contributed by atoms with Crippen molar-refractivity contribution in [3.05, 3.63) is 47.7 Å². The minimum absolute atomic E-state index is 0.0676. The number of aromatic nitrogens is 4. The molecule has 0 radical (unpaired) electrons. The second kappa shape index (κ2) is 6.54. The summed E-state index contributed by atoms with van der Waals surface area (Å²) in [6.45, 7) is 1.71. The van der Waals surface area contributed by atoms with Crippen molar-refractivity contribution in [2.45, 2.75) is 32.0 Å². The van der Waals surface area contributed by atoms with Crippen LogP contribution in [0.25, 0.3) is 17.0 Å². The van der Waals surface area contributed by atoms with Crippen molar-refractivity contribution in [3.63, 3.8) is 0 Å². The molecule has 0 aliphatic heterocycles. The quantitative estimate of drug-likeness (QED) is 0.691. The van der Waals surface area contributed by atoms with Gasteiger partial charge in [0.25, 0.3) is 5.91 Å². The third-order valence-electron chi connectivity index (χ3n) is 4.62. The molecular formula is C18H15F4N5O. The molecule has 28 heavy (non-hydrogen) atoms. The number of amides is 1. The number of pyridine rings is 1. The molecule has 0 spiro atoms. The van der Waals surface area contributed by atoms with E-state index >= 15 is 0 Å². The van der Waals surface area contributed by atoms with Gasteiger partial charge >= 0.3 is 6.18 Å². The van der Waals surface area contributed by atoms with Crippen LogP contribution in [0.3, 0.4) is 0 Å². The van der Waals surface area contributed by atoms with Crippen LogP contribution in [0.15, 0.2) is 30.6 Å². The number of nitrogens with zero attached hydrogens (tertiary/aromatic N) is 4. The Morgan fingerprint density at radius 1 is 1.25 bits per heavy atom. The summed E-state index contributed by atoms with van der Waals surface area (Å²) in [5, 5.41) is 6.13. The van der Waals surface area contributed by atoms with E-state index < -0.39 is 29.9 Å². The van der Waals surface area contributed by atoms with Gasteiger partial charge in [-0.05, 0) is 43.9 Å². The Balaban J connectivity index is 1.71. The molecule has 4 rings (SSSR count). The Morgan fingerprint density at radius 2 is 2.00 bits per heavy atom. The van der Waals surface area contributed by atoms with Gasteiger partial charge in [-0.25, -0.2) is 13.9 Å². The van der Waals surface area contributed by atoms with Crippen LogP contribution in [0.5, 0.6) is 0 Å². The van der Waals surface area contributed by atoms with Crippen LogP contribution in [0.2, 0.25) is 0 Å². The monoisotopic (exact) mass is 393 g/mol. The van der Waals surface area contributed by atoms with Crippen molar-refractivity contribution >= 4 is 11.6 Å². The molecule has 3 heterocycles. The van der Waals surface area contributed by atoms with Gasteiger partial charge in [0, 0.05) is 5.69 Å². The summed E-state index contributed by atoms with van der Waals surface area (Å²) < 4.78 is 54.1. The molecule has 1 amide bonds. The van der Waals surface area contributed by atoms with Crippen molar-refractivity contribution in [1.29, 1.82) is 0 Å². The van der Waals surface area contributed by atoms with Crippen molar-refractivity contribution < 1.29 is 22.4 Å². The molecule has 6 nitrogen and oxygen atoms in total. The summed E-state index contributed by atoms with van der Waals surface area (Å²) in [7, 11) is 0. The second-order valence-electron chi connectivity index (χ2n) is 6.77. The normalized spacial score (nSPS) is 15.6. The van der Waals surface area contributed by atoms with Gasteiger partial charge in [-0.2, -0.15) is 18.3 Å². The lowest BCUT2D eigenvalue weighted by Gasteiger charge is -2.20. The molecule has 1 N–H and O–H groups in total. The highest BCUT2D eigenvalue weighted by Gasteiger charge is 2.49. The van der Waals surface area contributed by atoms with E-state index in [4.69, 9.17) is 0 Å². The number of rotatable bonds is 4. The lowest BCUT2D eigenvalue weighted by atomic mass is 10.1. The maximum absolute atomic E-state index is 13.2. The SMILES string of the molecule is Cc1cc(-c2ccc(F)cn2)nc2c(C(=O)NC(C3CC3)C(F)(F)F)cnn12. The van der Waals surface area contributed by atoms with Gasteiger partial charge in [-0.3, -0.25) is 9.78 Å². The zero-order valence-electron chi connectivity index (χ0n) is 14.7. The van der Waals surface area contributed by atoms with Gasteiger partial charge in [-0.15, -0.1) is 0 Å². The Labute approximate surface area is 156 Å². The Bertz CT molecular complexity index is 1040. The van der Waals surface area contributed by atoms with Gasteiger partial charge in [0.1, 0.15) is 17.4 Å². The fourth-order valence-electron chi connectivity index (χ4n) is 3.05. The van der Waals surface area contributed by atoms with Crippen LogP contribution in [-0.2, 0) is 0 Å². The fourth-order valence-corrected chi connectivity index (χ4v) is 3.05. The van der Waals surface area contributed by atoms with Crippen LogP contribution in [0.4, 0.5) is 17.6 Å². The maximum atomic E-state index is 13.2. The van der Waals surface area contributed by atoms with E-state index in [0.29, 0.717) is 29.9 Å². The third kappa shape index (κ3) is 3.41. The number of hydrogen-bond donors (Lipinski definition) is 1. The van der Waals surface area contributed by atoms with Crippen molar-refractivity contribution in [2.75, 3.05) is 0 Å². The lowest BCUT2D eigenvalue weighted by molar-refractivity contribution is -0.158. The minimum Gasteiger partial charge on any atom is -0.340 e. The van der Waals surface area contributed by atoms with Gasteiger partial charge in [0.2, 0.25) is 0 Å². The highest BCUT2D eigenvalue weighted by molar-refractivity contribution is 6.00. The van der Waals surface area contributed by atoms with E-state index in [-0.39, 0.29) is 11.2 Å². The summed E-state index contributed by atoms with van der Waals surface area (Å²) in [6.07, 6.45) is -1.45. The molecule has 1 unspecified atom stereocenters. The molecule has 3 aromatic rings. The first-order valence-electron chi connectivity index (χ1n) is 8.59. The summed E-state index contributed by atoms with van der Waals surface area (Å²) >= 11 is 0. The standard InChI is InChI=1S/C18H15F4N5O/c1-9-6-14(13-5-4-11(19)7-23-13)25-16-12(8-24-27(9)16)17(28)26-15(10-2-3-10)18(20,21)22/h4-8,10,15H,2-3H2,1H3,(H,26,28). The molecule has 0 saturated heterocycles. The summed E-state index contributed by atoms with van der Waals surface area (Å²) in [5.74, 6) is -2.00. The van der Waals surface area contributed by atoms with Crippen LogP contribution in [-0.4, -0.2) is 37.7 Å². The van der Waals surface area contributed by atoms with Crippen LogP contribution in [0.1, 0.15) is 28.9 Å². The van der Waals surface area contributed by atoms with Gasteiger partial charge in [-0.1, -0.05) is 0 Å². The van der Waals surface area contributed by atoms with Gasteiger partial charge < -0.3 is 5.32 Å². The molecule has 1 aliphatic carbocycles. The molecule has 0 aromatic carbocycles. The fraction of sp³-hybridized carbons (Fsp3) is 0.333. The van der Waals surface area contributed by atoms with E-state index in [2.05, 4.69) is 20.4 Å². The molecule has 1 aliphatic rings. The van der Waals surface area contributed by atoms with Crippen LogP contribution >= 0.6 is 0 Å². The van der Waals surface area contributed by atoms with Crippen LogP contribution in [0, 0.1) is 18.7 Å². The van der Waals surface area contributed by atoms with Crippen LogP contribution < -0.4 is 5.32 Å². The highest BCUT2D eigenvalue weighted by atomic mass is 19.4. The molecule has 1 fully saturated rings. The first-order valence-corrected chi connectivity index (χ1v) is 8.59. The molecule has 1 atom stereocenters. The molecule has 146 valence electrons. The average molecular weight is 393 g/mol. The first-order chi connectivity index (χ1) is 13.2. The number of aryl methyl sites for hydroxylation is 1. The topological polar surface area (TPSA) is 72.2 Å². The molecule has 3 aromatic heterocycles. The summed E-state index contributed by atoms with van der Waals surface area (Å²) in [4.78, 5) is 20.8. The first kappa shape index (κ1) is 18.3. The highest BCUT2D eigenvalue weighted by Crippen LogP contribution is 2.40. The number of nitrogens with one attached hydrogen (secondary N) is 1. The van der Waals surface area contributed by atoms with Gasteiger partial charge in [0.15, 0.2) is 5.65 Å². The van der Waals surface area contributed by atoms with E-state index in [1.807, 2.05) is 0 Å². The van der Waals surface area contributed by atoms with E-state index in [1.54, 1.807) is 13.0 Å². The smallest absolute Gasteiger partial charge is 0.340 e. The second-order valence-corrected chi connectivity index (χ2v) is 6.77. The van der Waals surface area contributed by atoms with Gasteiger partial charge in [0.05, 0.1) is 23.8 Å². The Morgan fingerprint density at radius 3 is 2.61 bits per heavy atom. The maximum Gasteiger partial charge on any atom is 0.408 e. The predicted molar refractivity (Wildman–Crippen MR) is 90.9 cm³/mol. The molecule has 10 heteroatoms. The number of halogens is 4. The zero-order valence-corrected chi connectivity index (χ0v) is 14.7. The zero-order chi connectivity index (χ0) is 20.1. The largest absolute Gasteiger partial charge is 0.408 e. The summed E-state index contributed by atoms with van der Waals surface area (Å²) in [5.41, 5.74) is 1.36. The minimum atomic E-state index is -4.52.